The third kappa shape index (κ3) is 5.36. The summed E-state index contributed by atoms with van der Waals surface area (Å²) in [6.07, 6.45) is 1.40. The first-order valence-corrected chi connectivity index (χ1v) is 7.39. The van der Waals surface area contributed by atoms with E-state index < -0.39 is 15.9 Å². The molecule has 0 aromatic carbocycles. The van der Waals surface area contributed by atoms with Crippen LogP contribution in [0, 0.1) is 11.8 Å². The molecule has 0 aliphatic heterocycles. The Bertz CT molecular complexity index is 614. The molecule has 1 aromatic rings. The Balaban J connectivity index is 2.56. The number of hydrogen-bond acceptors (Lipinski definition) is 5. The highest BCUT2D eigenvalue weighted by molar-refractivity contribution is 7.89. The molecule has 1 heterocycles. The van der Waals surface area contributed by atoms with Crippen LogP contribution in [0.2, 0.25) is 0 Å². The van der Waals surface area contributed by atoms with Gasteiger partial charge >= 0.3 is 0 Å². The predicted molar refractivity (Wildman–Crippen MR) is 73.4 cm³/mol. The predicted octanol–water partition coefficient (Wildman–Crippen LogP) is -1.30. The number of carbonyl (C=O) groups excluding carboxylic acids is 1. The Morgan fingerprint density at radius 3 is 2.75 bits per heavy atom. The van der Waals surface area contributed by atoms with Gasteiger partial charge in [-0.2, -0.15) is 0 Å². The van der Waals surface area contributed by atoms with Crippen LogP contribution >= 0.6 is 0 Å². The molecule has 0 saturated heterocycles. The van der Waals surface area contributed by atoms with Gasteiger partial charge in [-0.1, -0.05) is 11.8 Å². The molecule has 8 heteroatoms. The van der Waals surface area contributed by atoms with Gasteiger partial charge in [-0.25, -0.2) is 18.1 Å². The molecule has 20 heavy (non-hydrogen) atoms. The van der Waals surface area contributed by atoms with Crippen molar-refractivity contribution in [2.45, 2.75) is 0 Å². The Kier molecular flexibility index (Phi) is 6.11. The Labute approximate surface area is 117 Å². The summed E-state index contributed by atoms with van der Waals surface area (Å²) in [5, 5.41) is 11.0. The van der Waals surface area contributed by atoms with Crippen LogP contribution in [-0.4, -0.2) is 50.4 Å². The largest absolute Gasteiger partial charge is 0.384 e. The number of amides is 1. The van der Waals surface area contributed by atoms with E-state index >= 15 is 0 Å². The van der Waals surface area contributed by atoms with Gasteiger partial charge in [0.15, 0.2) is 0 Å². The van der Waals surface area contributed by atoms with E-state index in [9.17, 15) is 13.2 Å². The average molecular weight is 297 g/mol. The molecule has 7 nitrogen and oxygen atoms in total. The molecule has 0 fully saturated rings. The molecule has 1 aromatic heterocycles. The van der Waals surface area contributed by atoms with Crippen LogP contribution in [0.4, 0.5) is 0 Å². The smallest absolute Gasteiger partial charge is 0.269 e. The van der Waals surface area contributed by atoms with Crippen molar-refractivity contribution in [1.82, 2.24) is 15.0 Å². The maximum atomic E-state index is 11.7. The van der Waals surface area contributed by atoms with E-state index in [4.69, 9.17) is 5.11 Å². The molecule has 0 spiro atoms. The molecule has 0 atom stereocenters. The lowest BCUT2D eigenvalue weighted by atomic mass is 10.2. The van der Waals surface area contributed by atoms with Crippen molar-refractivity contribution < 1.29 is 18.3 Å². The topological polar surface area (TPSA) is 108 Å². The van der Waals surface area contributed by atoms with Gasteiger partial charge in [0.2, 0.25) is 10.0 Å². The maximum absolute atomic E-state index is 11.7. The van der Waals surface area contributed by atoms with Crippen LogP contribution in [0.5, 0.6) is 0 Å². The van der Waals surface area contributed by atoms with Crippen LogP contribution in [0.3, 0.4) is 0 Å². The Hall–Kier alpha value is -1.95. The number of nitrogens with one attached hydrogen (secondary N) is 2. The fourth-order valence-electron chi connectivity index (χ4n) is 1.24. The van der Waals surface area contributed by atoms with Gasteiger partial charge in [-0.3, -0.25) is 4.79 Å². The van der Waals surface area contributed by atoms with Gasteiger partial charge in [0.05, 0.1) is 5.75 Å². The van der Waals surface area contributed by atoms with E-state index in [0.29, 0.717) is 5.56 Å². The summed E-state index contributed by atoms with van der Waals surface area (Å²) >= 11 is 0. The molecule has 0 unspecified atom stereocenters. The molecule has 0 radical (unpaired) electrons. The van der Waals surface area contributed by atoms with E-state index in [2.05, 4.69) is 26.9 Å². The monoisotopic (exact) mass is 297 g/mol. The van der Waals surface area contributed by atoms with E-state index in [1.54, 1.807) is 6.07 Å². The Morgan fingerprint density at radius 2 is 2.20 bits per heavy atom. The average Bonchev–Trinajstić information content (AvgIpc) is 2.45. The van der Waals surface area contributed by atoms with Gasteiger partial charge in [-0.15, -0.1) is 0 Å². The number of nitrogens with zero attached hydrogens (tertiary/aromatic N) is 1. The van der Waals surface area contributed by atoms with Crippen LogP contribution in [0.25, 0.3) is 0 Å². The lowest BCUT2D eigenvalue weighted by Crippen LogP contribution is -2.33. The van der Waals surface area contributed by atoms with E-state index in [-0.39, 0.29) is 24.6 Å². The zero-order chi connectivity index (χ0) is 15.0. The highest BCUT2D eigenvalue weighted by Crippen LogP contribution is 1.98. The van der Waals surface area contributed by atoms with Crippen molar-refractivity contribution in [3.63, 3.8) is 0 Å². The normalized spacial score (nSPS) is 10.5. The minimum Gasteiger partial charge on any atom is -0.384 e. The second-order valence-electron chi connectivity index (χ2n) is 3.67. The molecule has 0 aliphatic rings. The van der Waals surface area contributed by atoms with Crippen molar-refractivity contribution in [2.24, 2.45) is 0 Å². The van der Waals surface area contributed by atoms with Crippen molar-refractivity contribution >= 4 is 15.9 Å². The first-order valence-electron chi connectivity index (χ1n) is 5.73. The number of aliphatic hydroxyl groups is 1. The van der Waals surface area contributed by atoms with Crippen LogP contribution < -0.4 is 10.0 Å². The molecule has 0 saturated carbocycles. The quantitative estimate of drug-likeness (QED) is 0.586. The summed E-state index contributed by atoms with van der Waals surface area (Å²) in [7, 11) is -2.03. The lowest BCUT2D eigenvalue weighted by Gasteiger charge is -2.05. The number of rotatable bonds is 5. The minimum absolute atomic E-state index is 0.00421. The van der Waals surface area contributed by atoms with Crippen LogP contribution in [-0.2, 0) is 10.0 Å². The second-order valence-corrected chi connectivity index (χ2v) is 5.72. The molecule has 108 valence electrons. The van der Waals surface area contributed by atoms with Gasteiger partial charge in [-0.05, 0) is 19.2 Å². The summed E-state index contributed by atoms with van der Waals surface area (Å²) in [4.78, 5) is 15.6. The number of aromatic nitrogens is 1. The fraction of sp³-hybridized carbons (Fsp3) is 0.333. The fourth-order valence-corrected chi connectivity index (χ4v) is 1.81. The van der Waals surface area contributed by atoms with Gasteiger partial charge < -0.3 is 10.4 Å². The highest BCUT2D eigenvalue weighted by atomic mass is 32.2. The third-order valence-corrected chi connectivity index (χ3v) is 3.64. The zero-order valence-corrected chi connectivity index (χ0v) is 11.7. The van der Waals surface area contributed by atoms with Gasteiger partial charge in [0, 0.05) is 18.3 Å². The number of carbonyl (C=O) groups is 1. The summed E-state index contributed by atoms with van der Waals surface area (Å²) in [6.45, 7) is -0.252. The zero-order valence-electron chi connectivity index (χ0n) is 10.9. The lowest BCUT2D eigenvalue weighted by molar-refractivity contribution is 0.0951. The molecular formula is C12H15N3O4S. The number of aliphatic hydroxyl groups excluding tert-OH is 1. The number of sulfonamides is 1. The van der Waals surface area contributed by atoms with Crippen LogP contribution in [0.1, 0.15) is 16.1 Å². The number of hydrogen-bond donors (Lipinski definition) is 3. The maximum Gasteiger partial charge on any atom is 0.269 e. The number of pyridine rings is 1. The van der Waals surface area contributed by atoms with Crippen molar-refractivity contribution in [2.75, 3.05) is 26.0 Å². The SMILES string of the molecule is CNS(=O)(=O)CCNC(=O)c1ccc(C#CCO)cn1. The second kappa shape index (κ2) is 7.59. The van der Waals surface area contributed by atoms with E-state index in [1.165, 1.54) is 19.3 Å². The van der Waals surface area contributed by atoms with Crippen molar-refractivity contribution in [3.05, 3.63) is 29.6 Å². The molecule has 0 aliphatic carbocycles. The molecular weight excluding hydrogens is 282 g/mol. The van der Waals surface area contributed by atoms with Gasteiger partial charge in [0.1, 0.15) is 12.3 Å². The first-order chi connectivity index (χ1) is 9.48. The Morgan fingerprint density at radius 1 is 1.45 bits per heavy atom. The molecule has 3 N–H and O–H groups in total. The summed E-state index contributed by atoms with van der Waals surface area (Å²) in [5.41, 5.74) is 0.745. The molecule has 1 amide bonds. The van der Waals surface area contributed by atoms with E-state index in [0.717, 1.165) is 0 Å². The summed E-state index contributed by atoms with van der Waals surface area (Å²) in [5.74, 6) is 4.45. The molecule has 1 rings (SSSR count). The summed E-state index contributed by atoms with van der Waals surface area (Å²) < 4.78 is 24.4. The summed E-state index contributed by atoms with van der Waals surface area (Å²) in [6, 6.07) is 3.07. The molecule has 0 bridgehead atoms. The van der Waals surface area contributed by atoms with Crippen molar-refractivity contribution in [1.29, 1.82) is 0 Å². The van der Waals surface area contributed by atoms with Crippen molar-refractivity contribution in [3.8, 4) is 11.8 Å². The minimum atomic E-state index is -3.34. The third-order valence-electron chi connectivity index (χ3n) is 2.28. The standard InChI is InChI=1S/C12H15N3O4S/c1-13-20(18,19)8-6-14-12(17)11-5-4-10(9-15-11)3-2-7-16/h4-5,9,13,16H,6-8H2,1H3,(H,14,17). The van der Waals surface area contributed by atoms with Gasteiger partial charge in [0.25, 0.3) is 5.91 Å². The van der Waals surface area contributed by atoms with E-state index in [1.807, 2.05) is 0 Å². The highest BCUT2D eigenvalue weighted by Gasteiger charge is 2.10. The van der Waals surface area contributed by atoms with Crippen LogP contribution in [0.15, 0.2) is 18.3 Å². The first kappa shape index (κ1) is 16.1.